The number of alkyl halides is 3. The molecule has 23 heavy (non-hydrogen) atoms. The van der Waals surface area contributed by atoms with E-state index in [2.05, 4.69) is 4.98 Å². The van der Waals surface area contributed by atoms with Crippen molar-refractivity contribution in [2.45, 2.75) is 57.9 Å². The van der Waals surface area contributed by atoms with E-state index >= 15 is 0 Å². The molecule has 6 heteroatoms. The van der Waals surface area contributed by atoms with Gasteiger partial charge in [-0.15, -0.1) is 0 Å². The summed E-state index contributed by atoms with van der Waals surface area (Å²) < 4.78 is 46.5. The van der Waals surface area contributed by atoms with Crippen molar-refractivity contribution >= 4 is 11.0 Å². The van der Waals surface area contributed by atoms with Crippen molar-refractivity contribution < 1.29 is 17.9 Å². The zero-order valence-corrected chi connectivity index (χ0v) is 13.6. The molecule has 1 fully saturated rings. The minimum Gasteiger partial charge on any atom is -0.376 e. The third kappa shape index (κ3) is 3.22. The van der Waals surface area contributed by atoms with Crippen LogP contribution in [0.5, 0.6) is 0 Å². The van der Waals surface area contributed by atoms with E-state index < -0.39 is 11.7 Å². The molecular formula is C17H21F3N2O. The molecule has 2 heterocycles. The quantitative estimate of drug-likeness (QED) is 0.810. The monoisotopic (exact) mass is 326 g/mol. The van der Waals surface area contributed by atoms with Gasteiger partial charge in [-0.25, -0.2) is 4.98 Å². The van der Waals surface area contributed by atoms with Gasteiger partial charge in [0.05, 0.1) is 29.2 Å². The van der Waals surface area contributed by atoms with Crippen molar-refractivity contribution in [2.24, 2.45) is 0 Å². The molecule has 0 saturated carbocycles. The van der Waals surface area contributed by atoms with Crippen LogP contribution in [0, 0.1) is 0 Å². The highest BCUT2D eigenvalue weighted by Crippen LogP contribution is 2.33. The Bertz CT molecular complexity index is 707. The average molecular weight is 326 g/mol. The maximum absolute atomic E-state index is 12.9. The standard InChI is InChI=1S/C17H21F3N2O/c1-16(2,3)15-21-13-9-11(17(18,19)20)6-7-14(13)22(15)10-12-5-4-8-23-12/h6-7,9,12H,4-5,8,10H2,1-3H3. The van der Waals surface area contributed by atoms with Crippen LogP contribution >= 0.6 is 0 Å². The van der Waals surface area contributed by atoms with Gasteiger partial charge in [0, 0.05) is 12.0 Å². The zero-order chi connectivity index (χ0) is 16.8. The van der Waals surface area contributed by atoms with Gasteiger partial charge in [0.25, 0.3) is 0 Å². The van der Waals surface area contributed by atoms with Crippen LogP contribution in [-0.4, -0.2) is 22.3 Å². The molecule has 3 rings (SSSR count). The van der Waals surface area contributed by atoms with Crippen LogP contribution in [0.25, 0.3) is 11.0 Å². The minimum atomic E-state index is -4.35. The lowest BCUT2D eigenvalue weighted by Gasteiger charge is -2.22. The summed E-state index contributed by atoms with van der Waals surface area (Å²) in [6.07, 6.45) is -2.24. The molecule has 0 aliphatic carbocycles. The Balaban J connectivity index is 2.10. The third-order valence-electron chi connectivity index (χ3n) is 4.16. The Labute approximate surface area is 133 Å². The van der Waals surface area contributed by atoms with Gasteiger partial charge in [0.2, 0.25) is 0 Å². The summed E-state index contributed by atoms with van der Waals surface area (Å²) in [4.78, 5) is 4.51. The summed E-state index contributed by atoms with van der Waals surface area (Å²) >= 11 is 0. The van der Waals surface area contributed by atoms with Crippen LogP contribution in [0.2, 0.25) is 0 Å². The average Bonchev–Trinajstić information content (AvgIpc) is 3.05. The number of halogens is 3. The maximum Gasteiger partial charge on any atom is 0.416 e. The van der Waals surface area contributed by atoms with E-state index in [9.17, 15) is 13.2 Å². The summed E-state index contributed by atoms with van der Waals surface area (Å²) in [5, 5.41) is 0. The minimum absolute atomic E-state index is 0.107. The molecular weight excluding hydrogens is 305 g/mol. The molecule has 3 nitrogen and oxygen atoms in total. The summed E-state index contributed by atoms with van der Waals surface area (Å²) in [6.45, 7) is 7.44. The second-order valence-corrected chi connectivity index (χ2v) is 7.13. The van der Waals surface area contributed by atoms with E-state index in [0.29, 0.717) is 12.1 Å². The molecule has 1 aromatic carbocycles. The van der Waals surface area contributed by atoms with E-state index in [-0.39, 0.29) is 11.5 Å². The zero-order valence-electron chi connectivity index (χ0n) is 13.6. The lowest BCUT2D eigenvalue weighted by molar-refractivity contribution is -0.137. The molecule has 1 atom stereocenters. The molecule has 0 spiro atoms. The largest absolute Gasteiger partial charge is 0.416 e. The van der Waals surface area contributed by atoms with E-state index in [1.165, 1.54) is 6.07 Å². The van der Waals surface area contributed by atoms with Gasteiger partial charge in [0.15, 0.2) is 0 Å². The molecule has 1 unspecified atom stereocenters. The number of imidazole rings is 1. The molecule has 1 aliphatic rings. The fourth-order valence-electron chi connectivity index (χ4n) is 3.06. The second kappa shape index (κ2) is 5.51. The first-order valence-electron chi connectivity index (χ1n) is 7.86. The van der Waals surface area contributed by atoms with Crippen molar-refractivity contribution in [1.29, 1.82) is 0 Å². The number of hydrogen-bond acceptors (Lipinski definition) is 2. The van der Waals surface area contributed by atoms with Gasteiger partial charge in [-0.05, 0) is 31.0 Å². The molecule has 1 aliphatic heterocycles. The van der Waals surface area contributed by atoms with Crippen molar-refractivity contribution in [3.63, 3.8) is 0 Å². The van der Waals surface area contributed by atoms with E-state index in [4.69, 9.17) is 4.74 Å². The molecule has 2 aromatic rings. The van der Waals surface area contributed by atoms with E-state index in [0.717, 1.165) is 42.9 Å². The number of benzene rings is 1. The normalized spacial score (nSPS) is 19.7. The van der Waals surface area contributed by atoms with Crippen molar-refractivity contribution in [3.05, 3.63) is 29.6 Å². The predicted octanol–water partition coefficient (Wildman–Crippen LogP) is 4.53. The number of rotatable bonds is 2. The highest BCUT2D eigenvalue weighted by molar-refractivity contribution is 5.77. The lowest BCUT2D eigenvalue weighted by Crippen LogP contribution is -2.23. The van der Waals surface area contributed by atoms with Gasteiger partial charge in [-0.3, -0.25) is 0 Å². The van der Waals surface area contributed by atoms with Crippen LogP contribution in [0.1, 0.15) is 45.0 Å². The number of nitrogens with zero attached hydrogens (tertiary/aromatic N) is 2. The molecule has 1 aromatic heterocycles. The number of aromatic nitrogens is 2. The Morgan fingerprint density at radius 2 is 2.00 bits per heavy atom. The Morgan fingerprint density at radius 3 is 2.57 bits per heavy atom. The lowest BCUT2D eigenvalue weighted by atomic mass is 9.95. The van der Waals surface area contributed by atoms with Crippen LogP contribution in [0.15, 0.2) is 18.2 Å². The molecule has 0 N–H and O–H groups in total. The topological polar surface area (TPSA) is 27.1 Å². The molecule has 0 bridgehead atoms. The number of fused-ring (bicyclic) bond motifs is 1. The molecule has 0 radical (unpaired) electrons. The molecule has 0 amide bonds. The smallest absolute Gasteiger partial charge is 0.376 e. The van der Waals surface area contributed by atoms with E-state index in [1.54, 1.807) is 0 Å². The fraction of sp³-hybridized carbons (Fsp3) is 0.588. The summed E-state index contributed by atoms with van der Waals surface area (Å²) in [6, 6.07) is 3.79. The highest BCUT2D eigenvalue weighted by Gasteiger charge is 2.32. The fourth-order valence-corrected chi connectivity index (χ4v) is 3.06. The van der Waals surface area contributed by atoms with Gasteiger partial charge in [0.1, 0.15) is 5.82 Å². The van der Waals surface area contributed by atoms with E-state index in [1.807, 2.05) is 25.3 Å². The summed E-state index contributed by atoms with van der Waals surface area (Å²) in [5.41, 5.74) is 0.212. The summed E-state index contributed by atoms with van der Waals surface area (Å²) in [5.74, 6) is 0.794. The Morgan fingerprint density at radius 1 is 1.26 bits per heavy atom. The first-order chi connectivity index (χ1) is 10.7. The Hall–Kier alpha value is -1.56. The van der Waals surface area contributed by atoms with Crippen molar-refractivity contribution in [3.8, 4) is 0 Å². The third-order valence-corrected chi connectivity index (χ3v) is 4.16. The number of hydrogen-bond donors (Lipinski definition) is 0. The van der Waals surface area contributed by atoms with Gasteiger partial charge in [-0.2, -0.15) is 13.2 Å². The highest BCUT2D eigenvalue weighted by atomic mass is 19.4. The first kappa shape index (κ1) is 16.3. The van der Waals surface area contributed by atoms with Crippen molar-refractivity contribution in [2.75, 3.05) is 6.61 Å². The molecule has 126 valence electrons. The van der Waals surface area contributed by atoms with Crippen LogP contribution < -0.4 is 0 Å². The SMILES string of the molecule is CC(C)(C)c1nc2cc(C(F)(F)F)ccc2n1CC1CCCO1. The van der Waals surface area contributed by atoms with Gasteiger partial charge < -0.3 is 9.30 Å². The number of ether oxygens (including phenoxy) is 1. The molecule has 1 saturated heterocycles. The van der Waals surface area contributed by atoms with Crippen molar-refractivity contribution in [1.82, 2.24) is 9.55 Å². The van der Waals surface area contributed by atoms with Crippen LogP contribution in [-0.2, 0) is 22.9 Å². The van der Waals surface area contributed by atoms with Gasteiger partial charge >= 0.3 is 6.18 Å². The second-order valence-electron chi connectivity index (χ2n) is 7.13. The van der Waals surface area contributed by atoms with Gasteiger partial charge in [-0.1, -0.05) is 20.8 Å². The van der Waals surface area contributed by atoms with Crippen LogP contribution in [0.4, 0.5) is 13.2 Å². The maximum atomic E-state index is 12.9. The predicted molar refractivity (Wildman–Crippen MR) is 82.4 cm³/mol. The van der Waals surface area contributed by atoms with Crippen LogP contribution in [0.3, 0.4) is 0 Å². The first-order valence-corrected chi connectivity index (χ1v) is 7.86. The summed E-state index contributed by atoms with van der Waals surface area (Å²) in [7, 11) is 0. The Kier molecular flexibility index (Phi) is 3.91.